The summed E-state index contributed by atoms with van der Waals surface area (Å²) in [5.41, 5.74) is 0.197. The number of halogens is 4. The van der Waals surface area contributed by atoms with E-state index in [1.165, 1.54) is 25.1 Å². The molecule has 0 aliphatic carbocycles. The normalized spacial score (nSPS) is 12.4. The second kappa shape index (κ2) is 8.11. The molecule has 0 aromatic heterocycles. The van der Waals surface area contributed by atoms with Gasteiger partial charge in [0.15, 0.2) is 6.10 Å². The highest BCUT2D eigenvalue weighted by Crippen LogP contribution is 2.26. The first-order valence-electron chi connectivity index (χ1n) is 7.28. The van der Waals surface area contributed by atoms with Crippen LogP contribution in [-0.4, -0.2) is 18.4 Å². The zero-order chi connectivity index (χ0) is 18.4. The summed E-state index contributed by atoms with van der Waals surface area (Å²) in [5, 5.41) is 2.98. The molecule has 2 aromatic rings. The van der Waals surface area contributed by atoms with Gasteiger partial charge in [-0.25, -0.2) is 0 Å². The third kappa shape index (κ3) is 6.19. The fourth-order valence-electron chi connectivity index (χ4n) is 2.00. The number of alkyl halides is 3. The molecule has 134 valence electrons. The minimum atomic E-state index is -4.80. The molecule has 8 heteroatoms. The van der Waals surface area contributed by atoms with Gasteiger partial charge in [-0.3, -0.25) is 4.79 Å². The third-order valence-corrected chi connectivity index (χ3v) is 3.36. The third-order valence-electron chi connectivity index (χ3n) is 3.13. The Bertz CT molecular complexity index is 737. The van der Waals surface area contributed by atoms with Gasteiger partial charge in [-0.05, 0) is 31.2 Å². The maximum atomic E-state index is 12.4. The molecular weight excluding hydrogens is 359 g/mol. The number of hydrogen-bond acceptors (Lipinski definition) is 3. The van der Waals surface area contributed by atoms with Gasteiger partial charge in [0.05, 0.1) is 0 Å². The van der Waals surface area contributed by atoms with E-state index in [-0.39, 0.29) is 17.9 Å². The molecule has 0 bridgehead atoms. The monoisotopic (exact) mass is 373 g/mol. The van der Waals surface area contributed by atoms with Crippen LogP contribution in [0.3, 0.4) is 0 Å². The molecule has 4 nitrogen and oxygen atoms in total. The molecule has 0 aliphatic rings. The second-order valence-electron chi connectivity index (χ2n) is 5.09. The summed E-state index contributed by atoms with van der Waals surface area (Å²) in [5.74, 6) is -0.434. The molecule has 2 aromatic carbocycles. The highest BCUT2D eigenvalue weighted by molar-refractivity contribution is 6.30. The molecule has 1 unspecified atom stereocenters. The predicted octanol–water partition coefficient (Wildman–Crippen LogP) is 4.32. The Morgan fingerprint density at radius 2 is 1.92 bits per heavy atom. The van der Waals surface area contributed by atoms with Crippen LogP contribution in [0.15, 0.2) is 48.5 Å². The molecule has 0 fully saturated rings. The van der Waals surface area contributed by atoms with Crippen molar-refractivity contribution in [2.75, 3.05) is 0 Å². The van der Waals surface area contributed by atoms with Crippen LogP contribution < -0.4 is 14.8 Å². The van der Waals surface area contributed by atoms with Gasteiger partial charge < -0.3 is 14.8 Å². The molecule has 0 radical (unpaired) electrons. The van der Waals surface area contributed by atoms with Crippen LogP contribution >= 0.6 is 11.6 Å². The summed E-state index contributed by atoms with van der Waals surface area (Å²) in [6.45, 7) is 1.39. The van der Waals surface area contributed by atoms with Crippen LogP contribution in [0.1, 0.15) is 12.5 Å². The largest absolute Gasteiger partial charge is 0.573 e. The van der Waals surface area contributed by atoms with Crippen molar-refractivity contribution in [2.24, 2.45) is 0 Å². The Balaban J connectivity index is 1.95. The number of para-hydroxylation sites is 1. The minimum absolute atomic E-state index is 0.131. The molecule has 25 heavy (non-hydrogen) atoms. The van der Waals surface area contributed by atoms with E-state index >= 15 is 0 Å². The zero-order valence-electron chi connectivity index (χ0n) is 13.1. The van der Waals surface area contributed by atoms with Gasteiger partial charge in [-0.1, -0.05) is 35.9 Å². The molecule has 0 heterocycles. The number of amides is 1. The fraction of sp³-hybridized carbons (Fsp3) is 0.235. The highest BCUT2D eigenvalue weighted by atomic mass is 35.5. The summed E-state index contributed by atoms with van der Waals surface area (Å²) < 4.78 is 46.5. The van der Waals surface area contributed by atoms with Crippen LogP contribution in [0.5, 0.6) is 11.5 Å². The molecule has 0 saturated carbocycles. The maximum Gasteiger partial charge on any atom is 0.573 e. The first-order chi connectivity index (χ1) is 11.7. The van der Waals surface area contributed by atoms with Crippen LogP contribution in [0.2, 0.25) is 5.02 Å². The number of nitrogens with one attached hydrogen (secondary N) is 1. The molecule has 1 atom stereocenters. The Kier molecular flexibility index (Phi) is 6.14. The Morgan fingerprint density at radius 1 is 1.20 bits per heavy atom. The summed E-state index contributed by atoms with van der Waals surface area (Å²) in [6, 6.07) is 12.1. The van der Waals surface area contributed by atoms with E-state index in [2.05, 4.69) is 10.1 Å². The molecule has 1 amide bonds. The van der Waals surface area contributed by atoms with Crippen LogP contribution in [0, 0.1) is 0 Å². The van der Waals surface area contributed by atoms with E-state index in [1.807, 2.05) is 0 Å². The quantitative estimate of drug-likeness (QED) is 0.820. The molecule has 1 N–H and O–H groups in total. The van der Waals surface area contributed by atoms with Gasteiger partial charge in [0.1, 0.15) is 11.5 Å². The van der Waals surface area contributed by atoms with Crippen LogP contribution in [0.4, 0.5) is 13.2 Å². The van der Waals surface area contributed by atoms with Crippen LogP contribution in [-0.2, 0) is 11.3 Å². The molecule has 0 spiro atoms. The van der Waals surface area contributed by atoms with Gasteiger partial charge in [0, 0.05) is 17.1 Å². The van der Waals surface area contributed by atoms with E-state index in [4.69, 9.17) is 16.3 Å². The van der Waals surface area contributed by atoms with Gasteiger partial charge in [0.2, 0.25) is 0 Å². The van der Waals surface area contributed by atoms with Gasteiger partial charge in [0.25, 0.3) is 5.91 Å². The molecule has 0 aliphatic heterocycles. The molecular formula is C17H15ClF3NO3. The summed E-state index contributed by atoms with van der Waals surface area (Å²) in [7, 11) is 0. The smallest absolute Gasteiger partial charge is 0.481 e. The predicted molar refractivity (Wildman–Crippen MR) is 86.5 cm³/mol. The summed E-state index contributed by atoms with van der Waals surface area (Å²) in [4.78, 5) is 12.1. The number of rotatable bonds is 6. The average molecular weight is 374 g/mol. The van der Waals surface area contributed by atoms with Crippen molar-refractivity contribution in [3.05, 3.63) is 59.1 Å². The van der Waals surface area contributed by atoms with Crippen molar-refractivity contribution in [1.82, 2.24) is 5.32 Å². The number of carbonyl (C=O) groups excluding carboxylic acids is 1. The molecule has 0 saturated heterocycles. The maximum absolute atomic E-state index is 12.4. The topological polar surface area (TPSA) is 47.6 Å². The van der Waals surface area contributed by atoms with Crippen molar-refractivity contribution in [3.63, 3.8) is 0 Å². The van der Waals surface area contributed by atoms with Crippen molar-refractivity contribution in [2.45, 2.75) is 25.9 Å². The highest BCUT2D eigenvalue weighted by Gasteiger charge is 2.32. The Hall–Kier alpha value is -2.41. The fourth-order valence-corrected chi connectivity index (χ4v) is 2.18. The van der Waals surface area contributed by atoms with Gasteiger partial charge in [-0.15, -0.1) is 13.2 Å². The van der Waals surface area contributed by atoms with E-state index in [9.17, 15) is 18.0 Å². The second-order valence-corrected chi connectivity index (χ2v) is 5.53. The lowest BCUT2D eigenvalue weighted by Gasteiger charge is -2.16. The van der Waals surface area contributed by atoms with Gasteiger partial charge >= 0.3 is 6.36 Å². The van der Waals surface area contributed by atoms with E-state index in [0.29, 0.717) is 10.8 Å². The summed E-state index contributed by atoms with van der Waals surface area (Å²) >= 11 is 5.83. The standard InChI is InChI=1S/C17H15ClF3NO3/c1-11(24-14-7-4-6-13(18)9-14)16(23)22-10-12-5-2-3-8-15(12)25-17(19,20)21/h2-9,11H,10H2,1H3,(H,22,23). The Morgan fingerprint density at radius 3 is 2.60 bits per heavy atom. The van der Waals surface area contributed by atoms with E-state index in [1.54, 1.807) is 30.3 Å². The number of benzene rings is 2. The SMILES string of the molecule is CC(Oc1cccc(Cl)c1)C(=O)NCc1ccccc1OC(F)(F)F. The summed E-state index contributed by atoms with van der Waals surface area (Å²) in [6.07, 6.45) is -5.66. The van der Waals surface area contributed by atoms with Crippen molar-refractivity contribution < 1.29 is 27.4 Å². The average Bonchev–Trinajstić information content (AvgIpc) is 2.52. The van der Waals surface area contributed by atoms with Gasteiger partial charge in [-0.2, -0.15) is 0 Å². The van der Waals surface area contributed by atoms with E-state index in [0.717, 1.165) is 0 Å². The van der Waals surface area contributed by atoms with Crippen LogP contribution in [0.25, 0.3) is 0 Å². The lowest BCUT2D eigenvalue weighted by Crippen LogP contribution is -2.36. The van der Waals surface area contributed by atoms with E-state index < -0.39 is 18.4 Å². The Labute approximate surface area is 147 Å². The molecule has 2 rings (SSSR count). The first-order valence-corrected chi connectivity index (χ1v) is 7.66. The lowest BCUT2D eigenvalue weighted by molar-refractivity contribution is -0.274. The number of ether oxygens (including phenoxy) is 2. The van der Waals surface area contributed by atoms with Crippen molar-refractivity contribution in [3.8, 4) is 11.5 Å². The van der Waals surface area contributed by atoms with Crippen molar-refractivity contribution >= 4 is 17.5 Å². The van der Waals surface area contributed by atoms with Crippen molar-refractivity contribution in [1.29, 1.82) is 0 Å². The number of hydrogen-bond donors (Lipinski definition) is 1. The first kappa shape index (κ1) is 18.9. The minimum Gasteiger partial charge on any atom is -0.481 e. The lowest BCUT2D eigenvalue weighted by atomic mass is 10.2. The zero-order valence-corrected chi connectivity index (χ0v) is 13.9. The number of carbonyl (C=O) groups is 1.